The lowest BCUT2D eigenvalue weighted by Crippen LogP contribution is -2.40. The zero-order chi connectivity index (χ0) is 24.7. The predicted molar refractivity (Wildman–Crippen MR) is 139 cm³/mol. The first-order valence-corrected chi connectivity index (χ1v) is 13.8. The number of anilines is 1. The molecule has 0 aliphatic heterocycles. The third-order valence-electron chi connectivity index (χ3n) is 4.86. The molecule has 0 radical (unpaired) electrons. The molecule has 0 saturated carbocycles. The highest BCUT2D eigenvalue weighted by molar-refractivity contribution is 7.98. The van der Waals surface area contributed by atoms with Crippen LogP contribution in [0.4, 0.5) is 5.69 Å². The monoisotopic (exact) mass is 538 g/mol. The van der Waals surface area contributed by atoms with E-state index in [1.807, 2.05) is 13.2 Å². The number of nitrogens with one attached hydrogen (secondary N) is 1. The maximum Gasteiger partial charge on any atom is 0.264 e. The van der Waals surface area contributed by atoms with Crippen molar-refractivity contribution in [2.24, 2.45) is 0 Å². The molecule has 1 N–H and O–H groups in total. The fraction of sp³-hybridized carbons (Fsp3) is 0.208. The third kappa shape index (κ3) is 6.60. The molecule has 1 amide bonds. The summed E-state index contributed by atoms with van der Waals surface area (Å²) in [6.07, 6.45) is 1.91. The lowest BCUT2D eigenvalue weighted by molar-refractivity contribution is -0.119. The Balaban J connectivity index is 1.86. The minimum atomic E-state index is -4.02. The molecule has 0 heterocycles. The highest BCUT2D eigenvalue weighted by atomic mass is 35.5. The van der Waals surface area contributed by atoms with E-state index in [1.165, 1.54) is 23.9 Å². The first-order valence-electron chi connectivity index (χ1n) is 10.3. The average Bonchev–Trinajstić information content (AvgIpc) is 2.83. The van der Waals surface area contributed by atoms with Crippen LogP contribution in [0.1, 0.15) is 12.5 Å². The summed E-state index contributed by atoms with van der Waals surface area (Å²) in [6, 6.07) is 18.1. The Labute approximate surface area is 214 Å². The largest absolute Gasteiger partial charge is 0.494 e. The molecule has 6 nitrogen and oxygen atoms in total. The van der Waals surface area contributed by atoms with Crippen LogP contribution < -0.4 is 14.4 Å². The number of halogens is 2. The van der Waals surface area contributed by atoms with E-state index < -0.39 is 22.5 Å². The Morgan fingerprint density at radius 1 is 1.03 bits per heavy atom. The van der Waals surface area contributed by atoms with E-state index in [4.69, 9.17) is 27.9 Å². The maximum atomic E-state index is 13.5. The second-order valence-corrected chi connectivity index (χ2v) is 10.7. The van der Waals surface area contributed by atoms with Crippen LogP contribution in [0.3, 0.4) is 0 Å². The number of benzene rings is 3. The predicted octanol–water partition coefficient (Wildman–Crippen LogP) is 5.63. The van der Waals surface area contributed by atoms with Gasteiger partial charge in [0.2, 0.25) is 5.91 Å². The normalized spacial score (nSPS) is 11.2. The number of nitrogens with zero attached hydrogens (tertiary/aromatic N) is 1. The lowest BCUT2D eigenvalue weighted by atomic mass is 10.2. The molecule has 0 saturated heterocycles. The Kier molecular flexibility index (Phi) is 9.13. The number of carbonyl (C=O) groups excluding carboxylic acids is 1. The smallest absolute Gasteiger partial charge is 0.264 e. The van der Waals surface area contributed by atoms with Gasteiger partial charge in [0.15, 0.2) is 0 Å². The number of amides is 1. The van der Waals surface area contributed by atoms with E-state index in [0.29, 0.717) is 33.7 Å². The van der Waals surface area contributed by atoms with E-state index in [-0.39, 0.29) is 11.4 Å². The molecule has 0 aromatic heterocycles. The van der Waals surface area contributed by atoms with Crippen molar-refractivity contribution in [3.8, 4) is 5.75 Å². The van der Waals surface area contributed by atoms with Gasteiger partial charge in [0.1, 0.15) is 12.3 Å². The summed E-state index contributed by atoms with van der Waals surface area (Å²) in [5.74, 6) is 0.124. The van der Waals surface area contributed by atoms with Gasteiger partial charge in [0.05, 0.1) is 17.2 Å². The molecule has 10 heteroatoms. The summed E-state index contributed by atoms with van der Waals surface area (Å²) in [7, 11) is -4.02. The topological polar surface area (TPSA) is 75.7 Å². The van der Waals surface area contributed by atoms with Crippen molar-refractivity contribution in [1.29, 1.82) is 0 Å². The SMILES string of the molecule is CCOc1ccc(N(CC(=O)NCc2ccc(Cl)cc2Cl)S(=O)(=O)c2ccc(SC)cc2)cc1. The van der Waals surface area contributed by atoms with Crippen molar-refractivity contribution in [1.82, 2.24) is 5.32 Å². The van der Waals surface area contributed by atoms with Gasteiger partial charge in [-0.25, -0.2) is 8.42 Å². The zero-order valence-corrected chi connectivity index (χ0v) is 21.8. The molecular weight excluding hydrogens is 515 g/mol. The van der Waals surface area contributed by atoms with Crippen molar-refractivity contribution < 1.29 is 17.9 Å². The Bertz CT molecular complexity index is 1230. The van der Waals surface area contributed by atoms with Crippen LogP contribution >= 0.6 is 35.0 Å². The Morgan fingerprint density at radius 3 is 2.29 bits per heavy atom. The van der Waals surface area contributed by atoms with Crippen LogP contribution in [0, 0.1) is 0 Å². The molecule has 0 unspecified atom stereocenters. The lowest BCUT2D eigenvalue weighted by Gasteiger charge is -2.24. The van der Waals surface area contributed by atoms with Crippen LogP contribution in [0.25, 0.3) is 0 Å². The molecule has 180 valence electrons. The van der Waals surface area contributed by atoms with Gasteiger partial charge in [-0.15, -0.1) is 11.8 Å². The minimum Gasteiger partial charge on any atom is -0.494 e. The van der Waals surface area contributed by atoms with Crippen molar-refractivity contribution in [2.75, 3.05) is 23.7 Å². The second kappa shape index (κ2) is 11.8. The van der Waals surface area contributed by atoms with E-state index >= 15 is 0 Å². The molecule has 0 spiro atoms. The molecular formula is C24H24Cl2N2O4S2. The summed E-state index contributed by atoms with van der Waals surface area (Å²) in [6.45, 7) is 2.07. The summed E-state index contributed by atoms with van der Waals surface area (Å²) >= 11 is 13.6. The maximum absolute atomic E-state index is 13.5. The first-order chi connectivity index (χ1) is 16.2. The van der Waals surface area contributed by atoms with Crippen LogP contribution in [0.15, 0.2) is 76.5 Å². The second-order valence-electron chi connectivity index (χ2n) is 7.13. The van der Waals surface area contributed by atoms with Gasteiger partial charge in [-0.1, -0.05) is 29.3 Å². The fourth-order valence-corrected chi connectivity index (χ4v) is 5.41. The molecule has 0 aliphatic carbocycles. The third-order valence-corrected chi connectivity index (χ3v) is 7.98. The van der Waals surface area contributed by atoms with Crippen molar-refractivity contribution >= 4 is 56.6 Å². The van der Waals surface area contributed by atoms with Gasteiger partial charge in [-0.3, -0.25) is 9.10 Å². The van der Waals surface area contributed by atoms with E-state index in [2.05, 4.69) is 5.32 Å². The van der Waals surface area contributed by atoms with Gasteiger partial charge in [-0.05, 0) is 79.4 Å². The van der Waals surface area contributed by atoms with E-state index in [1.54, 1.807) is 54.6 Å². The number of sulfonamides is 1. The fourth-order valence-electron chi connectivity index (χ4n) is 3.11. The highest BCUT2D eigenvalue weighted by Gasteiger charge is 2.27. The van der Waals surface area contributed by atoms with Crippen molar-refractivity contribution in [3.63, 3.8) is 0 Å². The number of rotatable bonds is 10. The number of ether oxygens (including phenoxy) is 1. The van der Waals surface area contributed by atoms with Gasteiger partial charge >= 0.3 is 0 Å². The van der Waals surface area contributed by atoms with Crippen molar-refractivity contribution in [2.45, 2.75) is 23.3 Å². The number of hydrogen-bond acceptors (Lipinski definition) is 5. The molecule has 3 rings (SSSR count). The van der Waals surface area contributed by atoms with Gasteiger partial charge in [0.25, 0.3) is 10.0 Å². The van der Waals surface area contributed by atoms with Crippen LogP contribution in [-0.2, 0) is 21.4 Å². The summed E-state index contributed by atoms with van der Waals surface area (Å²) < 4.78 is 33.6. The molecule has 0 bridgehead atoms. The number of thioether (sulfide) groups is 1. The van der Waals surface area contributed by atoms with E-state index in [0.717, 1.165) is 9.20 Å². The molecule has 34 heavy (non-hydrogen) atoms. The summed E-state index contributed by atoms with van der Waals surface area (Å²) in [4.78, 5) is 13.8. The first kappa shape index (κ1) is 26.2. The van der Waals surface area contributed by atoms with E-state index in [9.17, 15) is 13.2 Å². The zero-order valence-electron chi connectivity index (χ0n) is 18.6. The Morgan fingerprint density at radius 2 is 1.71 bits per heavy atom. The summed E-state index contributed by atoms with van der Waals surface area (Å²) in [5, 5.41) is 3.63. The minimum absolute atomic E-state index is 0.0905. The Hall–Kier alpha value is -2.39. The number of hydrogen-bond donors (Lipinski definition) is 1. The quantitative estimate of drug-likeness (QED) is 0.338. The highest BCUT2D eigenvalue weighted by Crippen LogP contribution is 2.27. The van der Waals surface area contributed by atoms with Crippen LogP contribution in [0.2, 0.25) is 10.0 Å². The molecule has 3 aromatic carbocycles. The van der Waals surface area contributed by atoms with Gasteiger partial charge in [-0.2, -0.15) is 0 Å². The van der Waals surface area contributed by atoms with Crippen molar-refractivity contribution in [3.05, 3.63) is 82.3 Å². The summed E-state index contributed by atoms with van der Waals surface area (Å²) in [5.41, 5.74) is 1.01. The van der Waals surface area contributed by atoms with Gasteiger partial charge < -0.3 is 10.1 Å². The van der Waals surface area contributed by atoms with Crippen LogP contribution in [-0.4, -0.2) is 33.7 Å². The average molecular weight is 540 g/mol. The molecule has 0 atom stereocenters. The standard InChI is InChI=1S/C24H24Cl2N2O4S2/c1-3-32-20-8-6-19(7-9-20)28(34(30,31)22-12-10-21(33-2)11-13-22)16-24(29)27-15-17-4-5-18(25)14-23(17)26/h4-14H,3,15-16H2,1-2H3,(H,27,29). The molecule has 3 aromatic rings. The van der Waals surface area contributed by atoms with Gasteiger partial charge in [0, 0.05) is 21.5 Å². The van der Waals surface area contributed by atoms with Crippen LogP contribution in [0.5, 0.6) is 5.75 Å². The molecule has 0 fully saturated rings. The molecule has 0 aliphatic rings. The number of carbonyl (C=O) groups is 1.